The molecule has 2 aromatic rings. The van der Waals surface area contributed by atoms with Gasteiger partial charge in [-0.15, -0.1) is 0 Å². The molecule has 0 N–H and O–H groups in total. The standard InChI is InChI=1S/C24H30N4O3/c1-31-16-20-5-4-10-26(20)14-18-7-8-22-19-11-17(13-28(22)23(18)29)12-27(15-19)24(30)21-6-2-3-9-25-21/h2-3,6-9,17,19-20H,4-5,10-16H2,1H3/t17-,19+,20-/m0/s1. The second kappa shape index (κ2) is 8.55. The summed E-state index contributed by atoms with van der Waals surface area (Å²) in [5, 5.41) is 0. The van der Waals surface area contributed by atoms with E-state index in [1.54, 1.807) is 19.4 Å². The molecule has 31 heavy (non-hydrogen) atoms. The number of rotatable bonds is 5. The van der Waals surface area contributed by atoms with Gasteiger partial charge in [-0.25, -0.2) is 0 Å². The lowest BCUT2D eigenvalue weighted by atomic mass is 9.83. The van der Waals surface area contributed by atoms with Gasteiger partial charge in [0, 0.05) is 62.7 Å². The fourth-order valence-corrected chi connectivity index (χ4v) is 5.63. The van der Waals surface area contributed by atoms with Crippen LogP contribution in [0.1, 0.15) is 46.9 Å². The van der Waals surface area contributed by atoms with Gasteiger partial charge in [-0.3, -0.25) is 19.5 Å². The summed E-state index contributed by atoms with van der Waals surface area (Å²) in [6, 6.07) is 9.97. The molecule has 3 atom stereocenters. The van der Waals surface area contributed by atoms with Crippen molar-refractivity contribution in [2.24, 2.45) is 5.92 Å². The third-order valence-corrected chi connectivity index (χ3v) is 7.09. The minimum absolute atomic E-state index is 0.0130. The Labute approximate surface area is 182 Å². The lowest BCUT2D eigenvalue weighted by molar-refractivity contribution is 0.0588. The van der Waals surface area contributed by atoms with E-state index in [9.17, 15) is 9.59 Å². The lowest BCUT2D eigenvalue weighted by Gasteiger charge is -2.42. The molecule has 3 aliphatic heterocycles. The van der Waals surface area contributed by atoms with E-state index in [2.05, 4.69) is 16.0 Å². The number of hydrogen-bond acceptors (Lipinski definition) is 5. The van der Waals surface area contributed by atoms with Crippen LogP contribution in [-0.4, -0.2) is 64.7 Å². The first-order valence-electron chi connectivity index (χ1n) is 11.3. The highest BCUT2D eigenvalue weighted by Crippen LogP contribution is 2.35. The molecule has 7 nitrogen and oxygen atoms in total. The van der Waals surface area contributed by atoms with Gasteiger partial charge in [-0.1, -0.05) is 12.1 Å². The van der Waals surface area contributed by atoms with Crippen LogP contribution in [0.25, 0.3) is 0 Å². The molecule has 5 rings (SSSR count). The maximum Gasteiger partial charge on any atom is 0.272 e. The maximum atomic E-state index is 13.3. The highest BCUT2D eigenvalue weighted by Gasteiger charge is 2.37. The Hall–Kier alpha value is -2.51. The van der Waals surface area contributed by atoms with Gasteiger partial charge in [0.15, 0.2) is 0 Å². The summed E-state index contributed by atoms with van der Waals surface area (Å²) in [6.07, 6.45) is 4.98. The average Bonchev–Trinajstić information content (AvgIpc) is 3.23. The lowest BCUT2D eigenvalue weighted by Crippen LogP contribution is -2.49. The molecule has 2 bridgehead atoms. The molecule has 0 unspecified atom stereocenters. The van der Waals surface area contributed by atoms with Crippen LogP contribution in [-0.2, 0) is 17.8 Å². The van der Waals surface area contributed by atoms with E-state index in [4.69, 9.17) is 4.74 Å². The van der Waals surface area contributed by atoms with Gasteiger partial charge in [0.2, 0.25) is 0 Å². The molecule has 2 fully saturated rings. The molecule has 2 aromatic heterocycles. The minimum atomic E-state index is -0.0130. The highest BCUT2D eigenvalue weighted by atomic mass is 16.5. The van der Waals surface area contributed by atoms with Gasteiger partial charge in [0.05, 0.1) is 6.61 Å². The van der Waals surface area contributed by atoms with E-state index >= 15 is 0 Å². The average molecular weight is 423 g/mol. The summed E-state index contributed by atoms with van der Waals surface area (Å²) in [6.45, 7) is 4.44. The highest BCUT2D eigenvalue weighted by molar-refractivity contribution is 5.92. The fraction of sp³-hybridized carbons (Fsp3) is 0.542. The molecule has 0 aliphatic carbocycles. The van der Waals surface area contributed by atoms with Crippen molar-refractivity contribution in [2.45, 2.75) is 44.3 Å². The van der Waals surface area contributed by atoms with Gasteiger partial charge in [0.1, 0.15) is 5.69 Å². The number of carbonyl (C=O) groups is 1. The topological polar surface area (TPSA) is 67.7 Å². The van der Waals surface area contributed by atoms with Crippen LogP contribution in [0.3, 0.4) is 0 Å². The number of ether oxygens (including phenoxy) is 1. The Morgan fingerprint density at radius 2 is 2.10 bits per heavy atom. The first-order chi connectivity index (χ1) is 15.1. The van der Waals surface area contributed by atoms with Crippen molar-refractivity contribution >= 4 is 5.91 Å². The van der Waals surface area contributed by atoms with Crippen LogP contribution in [0.15, 0.2) is 41.3 Å². The molecule has 0 saturated carbocycles. The van der Waals surface area contributed by atoms with Crippen molar-refractivity contribution < 1.29 is 9.53 Å². The van der Waals surface area contributed by atoms with Crippen molar-refractivity contribution in [3.8, 4) is 0 Å². The van der Waals surface area contributed by atoms with Crippen LogP contribution in [0.2, 0.25) is 0 Å². The number of hydrogen-bond donors (Lipinski definition) is 0. The first kappa shape index (κ1) is 20.4. The van der Waals surface area contributed by atoms with Gasteiger partial charge in [-0.05, 0) is 49.9 Å². The zero-order chi connectivity index (χ0) is 21.4. The molecule has 0 spiro atoms. The molecule has 1 amide bonds. The summed E-state index contributed by atoms with van der Waals surface area (Å²) in [5.74, 6) is 0.496. The van der Waals surface area contributed by atoms with Crippen LogP contribution < -0.4 is 5.56 Å². The van der Waals surface area contributed by atoms with Gasteiger partial charge >= 0.3 is 0 Å². The predicted molar refractivity (Wildman–Crippen MR) is 117 cm³/mol. The maximum absolute atomic E-state index is 13.3. The largest absolute Gasteiger partial charge is 0.383 e. The second-order valence-corrected chi connectivity index (χ2v) is 9.14. The third kappa shape index (κ3) is 3.92. The van der Waals surface area contributed by atoms with Crippen molar-refractivity contribution in [2.75, 3.05) is 33.4 Å². The number of nitrogens with zero attached hydrogens (tertiary/aromatic N) is 4. The molecule has 7 heteroatoms. The molecular formula is C24H30N4O3. The van der Waals surface area contributed by atoms with Crippen molar-refractivity contribution in [3.05, 3.63) is 63.8 Å². The van der Waals surface area contributed by atoms with Gasteiger partial charge in [-0.2, -0.15) is 0 Å². The number of methoxy groups -OCH3 is 1. The van der Waals surface area contributed by atoms with E-state index in [1.165, 1.54) is 0 Å². The summed E-state index contributed by atoms with van der Waals surface area (Å²) in [7, 11) is 1.74. The summed E-state index contributed by atoms with van der Waals surface area (Å²) in [4.78, 5) is 34.8. The number of pyridine rings is 2. The van der Waals surface area contributed by atoms with Crippen LogP contribution >= 0.6 is 0 Å². The second-order valence-electron chi connectivity index (χ2n) is 9.14. The quantitative estimate of drug-likeness (QED) is 0.738. The van der Waals surface area contributed by atoms with Crippen molar-refractivity contribution in [1.82, 2.24) is 19.4 Å². The first-order valence-corrected chi connectivity index (χ1v) is 11.3. The number of fused-ring (bicyclic) bond motifs is 4. The Morgan fingerprint density at radius 3 is 2.90 bits per heavy atom. The Kier molecular flexibility index (Phi) is 5.63. The van der Waals surface area contributed by atoms with Crippen LogP contribution in [0, 0.1) is 5.92 Å². The molecule has 2 saturated heterocycles. The van der Waals surface area contributed by atoms with E-state index in [-0.39, 0.29) is 17.4 Å². The summed E-state index contributed by atoms with van der Waals surface area (Å²) < 4.78 is 7.35. The minimum Gasteiger partial charge on any atom is -0.383 e. The third-order valence-electron chi connectivity index (χ3n) is 7.09. The number of likely N-dealkylation sites (tertiary alicyclic amines) is 2. The molecule has 3 aliphatic rings. The Morgan fingerprint density at radius 1 is 1.19 bits per heavy atom. The summed E-state index contributed by atoms with van der Waals surface area (Å²) in [5.41, 5.74) is 2.57. The molecule has 164 valence electrons. The van der Waals surface area contributed by atoms with E-state index < -0.39 is 0 Å². The monoisotopic (exact) mass is 422 g/mol. The molecule has 0 radical (unpaired) electrons. The number of amides is 1. The van der Waals surface area contributed by atoms with E-state index in [0.29, 0.717) is 43.8 Å². The Bertz CT molecular complexity index is 1010. The predicted octanol–water partition coefficient (Wildman–Crippen LogP) is 2.11. The molecule has 5 heterocycles. The zero-order valence-corrected chi connectivity index (χ0v) is 18.1. The number of aromatic nitrogens is 2. The van der Waals surface area contributed by atoms with E-state index in [0.717, 1.165) is 43.7 Å². The van der Waals surface area contributed by atoms with Crippen LogP contribution in [0.5, 0.6) is 0 Å². The normalized spacial score (nSPS) is 25.5. The van der Waals surface area contributed by atoms with Gasteiger partial charge < -0.3 is 14.2 Å². The van der Waals surface area contributed by atoms with E-state index in [1.807, 2.05) is 27.7 Å². The Balaban J connectivity index is 1.36. The molecular weight excluding hydrogens is 392 g/mol. The molecule has 0 aromatic carbocycles. The zero-order valence-electron chi connectivity index (χ0n) is 18.1. The van der Waals surface area contributed by atoms with Crippen molar-refractivity contribution in [3.63, 3.8) is 0 Å². The van der Waals surface area contributed by atoms with Gasteiger partial charge in [0.25, 0.3) is 11.5 Å². The number of piperidine rings is 1. The van der Waals surface area contributed by atoms with Crippen LogP contribution in [0.4, 0.5) is 0 Å². The van der Waals surface area contributed by atoms with Crippen molar-refractivity contribution in [1.29, 1.82) is 0 Å². The fourth-order valence-electron chi connectivity index (χ4n) is 5.63. The summed E-state index contributed by atoms with van der Waals surface area (Å²) >= 11 is 0. The number of carbonyl (C=O) groups excluding carboxylic acids is 1. The smallest absolute Gasteiger partial charge is 0.272 e. The SMILES string of the molecule is COC[C@@H]1CCCN1Cc1ccc2n(c1=O)C[C@H]1C[C@@H]2CN(C(=O)c2ccccn2)C1.